The molecule has 0 saturated carbocycles. The molecule has 2 nitrogen and oxygen atoms in total. The third kappa shape index (κ3) is 1.48. The predicted octanol–water partition coefficient (Wildman–Crippen LogP) is 2.35. The Morgan fingerprint density at radius 1 is 1.45 bits per heavy atom. The zero-order valence-corrected chi connectivity index (χ0v) is 8.10. The van der Waals surface area contributed by atoms with Gasteiger partial charge in [-0.15, -0.1) is 0 Å². The average Bonchev–Trinajstić information content (AvgIpc) is 1.99. The van der Waals surface area contributed by atoms with Gasteiger partial charge in [-0.1, -0.05) is 15.9 Å². The minimum absolute atomic E-state index is 0.674. The van der Waals surface area contributed by atoms with Crippen LogP contribution in [0.15, 0.2) is 16.6 Å². The lowest BCUT2D eigenvalue weighted by molar-refractivity contribution is 0.413. The van der Waals surface area contributed by atoms with Crippen LogP contribution in [-0.2, 0) is 0 Å². The molecule has 0 amide bonds. The number of rotatable bonds is 1. The zero-order valence-electron chi connectivity index (χ0n) is 6.52. The van der Waals surface area contributed by atoms with Crippen LogP contribution in [0.4, 0.5) is 5.69 Å². The first kappa shape index (κ1) is 8.40. The van der Waals surface area contributed by atoms with Crippen LogP contribution in [0.2, 0.25) is 0 Å². The second-order valence-corrected chi connectivity index (χ2v) is 3.15. The van der Waals surface area contributed by atoms with Gasteiger partial charge in [0.25, 0.3) is 0 Å². The molecule has 1 aromatic carbocycles. The zero-order chi connectivity index (χ0) is 8.43. The van der Waals surface area contributed by atoms with E-state index in [0.29, 0.717) is 5.69 Å². The molecule has 0 spiro atoms. The number of hydrogen-bond acceptors (Lipinski definition) is 2. The molecule has 1 rings (SSSR count). The van der Waals surface area contributed by atoms with Crippen molar-refractivity contribution in [1.82, 2.24) is 0 Å². The highest BCUT2D eigenvalue weighted by Gasteiger charge is 2.05. The number of benzene rings is 1. The molecule has 0 heterocycles. The maximum absolute atomic E-state index is 5.65. The van der Waals surface area contributed by atoms with Gasteiger partial charge in [-0.25, -0.2) is 0 Å². The van der Waals surface area contributed by atoms with Crippen LogP contribution in [0.5, 0.6) is 5.75 Å². The molecule has 0 aromatic heterocycles. The van der Waals surface area contributed by atoms with Gasteiger partial charge >= 0.3 is 0 Å². The summed E-state index contributed by atoms with van der Waals surface area (Å²) in [6, 6.07) is 3.73. The van der Waals surface area contributed by atoms with E-state index in [0.717, 1.165) is 15.8 Å². The van der Waals surface area contributed by atoms with Crippen LogP contribution in [0.3, 0.4) is 0 Å². The van der Waals surface area contributed by atoms with Crippen molar-refractivity contribution in [2.24, 2.45) is 0 Å². The summed E-state index contributed by atoms with van der Waals surface area (Å²) in [5.74, 6) is 0.749. The van der Waals surface area contributed by atoms with Crippen LogP contribution < -0.4 is 10.5 Å². The van der Waals surface area contributed by atoms with E-state index in [1.807, 2.05) is 19.1 Å². The van der Waals surface area contributed by atoms with Crippen LogP contribution in [0.25, 0.3) is 0 Å². The summed E-state index contributed by atoms with van der Waals surface area (Å²) in [5.41, 5.74) is 7.36. The van der Waals surface area contributed by atoms with E-state index >= 15 is 0 Å². The largest absolute Gasteiger partial charge is 0.494 e. The summed E-state index contributed by atoms with van der Waals surface area (Å²) < 4.78 is 6.12. The van der Waals surface area contributed by atoms with Crippen molar-refractivity contribution in [2.45, 2.75) is 6.92 Å². The Bertz CT molecular complexity index is 273. The minimum atomic E-state index is 0.674. The van der Waals surface area contributed by atoms with Crippen molar-refractivity contribution < 1.29 is 4.74 Å². The molecule has 0 saturated heterocycles. The van der Waals surface area contributed by atoms with E-state index in [2.05, 4.69) is 15.9 Å². The Morgan fingerprint density at radius 3 is 2.55 bits per heavy atom. The Kier molecular flexibility index (Phi) is 2.39. The van der Waals surface area contributed by atoms with Gasteiger partial charge in [0.2, 0.25) is 0 Å². The molecule has 11 heavy (non-hydrogen) atoms. The van der Waals surface area contributed by atoms with Crippen molar-refractivity contribution in [3.8, 4) is 5.75 Å². The molecule has 0 fully saturated rings. The van der Waals surface area contributed by atoms with Crippen LogP contribution in [0, 0.1) is 6.92 Å². The molecule has 60 valence electrons. The standard InChI is InChI=1S/C8H10BrNO/c1-5-6(9)3-4-7(10)8(5)11-2/h3-4H,10H2,1-2H3. The first-order chi connectivity index (χ1) is 5.16. The fourth-order valence-electron chi connectivity index (χ4n) is 0.960. The average molecular weight is 216 g/mol. The molecule has 0 bridgehead atoms. The third-order valence-corrected chi connectivity index (χ3v) is 2.43. The van der Waals surface area contributed by atoms with E-state index in [1.165, 1.54) is 0 Å². The molecular weight excluding hydrogens is 206 g/mol. The second-order valence-electron chi connectivity index (χ2n) is 2.29. The first-order valence-electron chi connectivity index (χ1n) is 3.25. The van der Waals surface area contributed by atoms with Crippen molar-refractivity contribution in [1.29, 1.82) is 0 Å². The van der Waals surface area contributed by atoms with Crippen molar-refractivity contribution >= 4 is 21.6 Å². The number of anilines is 1. The quantitative estimate of drug-likeness (QED) is 0.731. The van der Waals surface area contributed by atoms with E-state index in [-0.39, 0.29) is 0 Å². The van der Waals surface area contributed by atoms with Gasteiger partial charge < -0.3 is 10.5 Å². The lowest BCUT2D eigenvalue weighted by Gasteiger charge is -2.08. The lowest BCUT2D eigenvalue weighted by atomic mass is 10.2. The van der Waals surface area contributed by atoms with Crippen molar-refractivity contribution in [2.75, 3.05) is 12.8 Å². The fourth-order valence-corrected chi connectivity index (χ4v) is 1.27. The van der Waals surface area contributed by atoms with Crippen LogP contribution in [-0.4, -0.2) is 7.11 Å². The molecule has 0 atom stereocenters. The van der Waals surface area contributed by atoms with Crippen molar-refractivity contribution in [3.05, 3.63) is 22.2 Å². The normalized spacial score (nSPS) is 9.73. The molecule has 0 radical (unpaired) electrons. The Labute approximate surface area is 74.5 Å². The van der Waals surface area contributed by atoms with Gasteiger partial charge in [0.1, 0.15) is 5.75 Å². The highest BCUT2D eigenvalue weighted by Crippen LogP contribution is 2.31. The van der Waals surface area contributed by atoms with Gasteiger partial charge in [0, 0.05) is 10.0 Å². The van der Waals surface area contributed by atoms with Gasteiger partial charge in [0.15, 0.2) is 0 Å². The maximum atomic E-state index is 5.65. The summed E-state index contributed by atoms with van der Waals surface area (Å²) >= 11 is 3.39. The Balaban J connectivity index is 3.29. The van der Waals surface area contributed by atoms with Crippen molar-refractivity contribution in [3.63, 3.8) is 0 Å². The van der Waals surface area contributed by atoms with Crippen LogP contribution >= 0.6 is 15.9 Å². The fraction of sp³-hybridized carbons (Fsp3) is 0.250. The molecule has 0 unspecified atom stereocenters. The molecule has 3 heteroatoms. The number of halogens is 1. The smallest absolute Gasteiger partial charge is 0.145 e. The van der Waals surface area contributed by atoms with Gasteiger partial charge in [-0.05, 0) is 19.1 Å². The van der Waals surface area contributed by atoms with Crippen LogP contribution in [0.1, 0.15) is 5.56 Å². The van der Waals surface area contributed by atoms with E-state index in [1.54, 1.807) is 7.11 Å². The molecule has 1 aromatic rings. The van der Waals surface area contributed by atoms with Gasteiger partial charge in [0.05, 0.1) is 12.8 Å². The Morgan fingerprint density at radius 2 is 2.09 bits per heavy atom. The van der Waals surface area contributed by atoms with E-state index in [4.69, 9.17) is 10.5 Å². The van der Waals surface area contributed by atoms with Gasteiger partial charge in [-0.3, -0.25) is 0 Å². The number of ether oxygens (including phenoxy) is 1. The summed E-state index contributed by atoms with van der Waals surface area (Å²) in [7, 11) is 1.62. The highest BCUT2D eigenvalue weighted by molar-refractivity contribution is 9.10. The number of nitrogen functional groups attached to an aromatic ring is 1. The minimum Gasteiger partial charge on any atom is -0.494 e. The molecule has 0 aliphatic carbocycles. The Hall–Kier alpha value is -0.700. The predicted molar refractivity (Wildman–Crippen MR) is 49.8 cm³/mol. The first-order valence-corrected chi connectivity index (χ1v) is 4.04. The topological polar surface area (TPSA) is 35.2 Å². The number of hydrogen-bond donors (Lipinski definition) is 1. The monoisotopic (exact) mass is 215 g/mol. The molecule has 0 aliphatic rings. The lowest BCUT2D eigenvalue weighted by Crippen LogP contribution is -1.94. The third-order valence-electron chi connectivity index (χ3n) is 1.57. The van der Waals surface area contributed by atoms with E-state index < -0.39 is 0 Å². The number of nitrogens with two attached hydrogens (primary N) is 1. The number of methoxy groups -OCH3 is 1. The summed E-state index contributed by atoms with van der Waals surface area (Å²) in [4.78, 5) is 0. The molecule has 0 aliphatic heterocycles. The summed E-state index contributed by atoms with van der Waals surface area (Å²) in [6.07, 6.45) is 0. The molecule has 2 N–H and O–H groups in total. The van der Waals surface area contributed by atoms with Gasteiger partial charge in [-0.2, -0.15) is 0 Å². The van der Waals surface area contributed by atoms with E-state index in [9.17, 15) is 0 Å². The summed E-state index contributed by atoms with van der Waals surface area (Å²) in [5, 5.41) is 0. The second kappa shape index (κ2) is 3.13. The SMILES string of the molecule is COc1c(N)ccc(Br)c1C. The maximum Gasteiger partial charge on any atom is 0.145 e. The molecular formula is C8H10BrNO. The summed E-state index contributed by atoms with van der Waals surface area (Å²) in [6.45, 7) is 1.96. The highest BCUT2D eigenvalue weighted by atomic mass is 79.9.